The summed E-state index contributed by atoms with van der Waals surface area (Å²) in [6.45, 7) is 8.44. The summed E-state index contributed by atoms with van der Waals surface area (Å²) in [5.41, 5.74) is 3.91. The lowest BCUT2D eigenvalue weighted by atomic mass is 9.83. The number of benzene rings is 2. The lowest BCUT2D eigenvalue weighted by molar-refractivity contribution is -0.141. The number of aryl methyl sites for hydroxylation is 1. The van der Waals surface area contributed by atoms with Crippen LogP contribution in [0.1, 0.15) is 49.8 Å². The molecule has 0 N–H and O–H groups in total. The fourth-order valence-corrected chi connectivity index (χ4v) is 3.73. The number of carbonyl (C=O) groups is 2. The average molecular weight is 410 g/mol. The van der Waals surface area contributed by atoms with Gasteiger partial charge in [0.05, 0.1) is 18.7 Å². The Bertz CT molecular complexity index is 963. The third-order valence-corrected chi connectivity index (χ3v) is 5.45. The number of esters is 1. The van der Waals surface area contributed by atoms with E-state index < -0.39 is 11.9 Å². The van der Waals surface area contributed by atoms with Gasteiger partial charge in [0, 0.05) is 18.0 Å². The van der Waals surface area contributed by atoms with E-state index in [1.54, 1.807) is 24.0 Å². The van der Waals surface area contributed by atoms with E-state index in [-0.39, 0.29) is 24.1 Å². The summed E-state index contributed by atoms with van der Waals surface area (Å²) < 4.78 is 19.0. The maximum Gasteiger partial charge on any atom is 0.336 e. The van der Waals surface area contributed by atoms with Crippen molar-refractivity contribution >= 4 is 11.9 Å². The van der Waals surface area contributed by atoms with Gasteiger partial charge in [0.25, 0.3) is 0 Å². The molecule has 0 saturated carbocycles. The summed E-state index contributed by atoms with van der Waals surface area (Å²) in [7, 11) is 0. The van der Waals surface area contributed by atoms with E-state index in [4.69, 9.17) is 4.74 Å². The zero-order valence-corrected chi connectivity index (χ0v) is 17.9. The molecule has 1 atom stereocenters. The maximum atomic E-state index is 13.4. The Labute approximate surface area is 177 Å². The third kappa shape index (κ3) is 4.78. The molecule has 1 unspecified atom stereocenters. The first-order valence-electron chi connectivity index (χ1n) is 10.3. The first kappa shape index (κ1) is 21.8. The molecule has 0 bridgehead atoms. The fourth-order valence-electron chi connectivity index (χ4n) is 3.73. The number of allylic oxidation sites excluding steroid dienone is 1. The molecular formula is C25H28FNO3. The highest BCUT2D eigenvalue weighted by molar-refractivity contribution is 5.95. The Kier molecular flexibility index (Phi) is 6.70. The second-order valence-electron chi connectivity index (χ2n) is 8.21. The highest BCUT2D eigenvalue weighted by Crippen LogP contribution is 2.38. The molecule has 3 rings (SSSR count). The SMILES string of the molecule is CC1=C(C(=O)OCC(C)C)C(c2ccc(F)cc2)CC(=O)N1Cc1ccccc1C. The third-order valence-electron chi connectivity index (χ3n) is 5.45. The van der Waals surface area contributed by atoms with E-state index in [9.17, 15) is 14.0 Å². The monoisotopic (exact) mass is 409 g/mol. The topological polar surface area (TPSA) is 46.6 Å². The predicted octanol–water partition coefficient (Wildman–Crippen LogP) is 5.12. The smallest absolute Gasteiger partial charge is 0.336 e. The second kappa shape index (κ2) is 9.24. The van der Waals surface area contributed by atoms with Gasteiger partial charge < -0.3 is 9.64 Å². The van der Waals surface area contributed by atoms with Crippen molar-refractivity contribution in [3.63, 3.8) is 0 Å². The normalized spacial score (nSPS) is 16.9. The summed E-state index contributed by atoms with van der Waals surface area (Å²) in [4.78, 5) is 27.8. The minimum absolute atomic E-state index is 0.0644. The number of nitrogens with zero attached hydrogens (tertiary/aromatic N) is 1. The zero-order chi connectivity index (χ0) is 21.8. The molecule has 2 aromatic carbocycles. The molecule has 1 amide bonds. The molecule has 2 aromatic rings. The molecule has 0 aromatic heterocycles. The van der Waals surface area contributed by atoms with Gasteiger partial charge in [-0.3, -0.25) is 4.79 Å². The highest BCUT2D eigenvalue weighted by atomic mass is 19.1. The van der Waals surface area contributed by atoms with Crippen LogP contribution in [0.4, 0.5) is 4.39 Å². The summed E-state index contributed by atoms with van der Waals surface area (Å²) in [5.74, 6) is -1.09. The van der Waals surface area contributed by atoms with Gasteiger partial charge in [0.15, 0.2) is 0 Å². The second-order valence-corrected chi connectivity index (χ2v) is 8.21. The van der Waals surface area contributed by atoms with Crippen LogP contribution in [0.3, 0.4) is 0 Å². The molecule has 0 saturated heterocycles. The lowest BCUT2D eigenvalue weighted by Gasteiger charge is -2.35. The van der Waals surface area contributed by atoms with Gasteiger partial charge in [-0.1, -0.05) is 50.2 Å². The summed E-state index contributed by atoms with van der Waals surface area (Å²) in [5, 5.41) is 0. The molecule has 4 nitrogen and oxygen atoms in total. The summed E-state index contributed by atoms with van der Waals surface area (Å²) in [6, 6.07) is 13.9. The van der Waals surface area contributed by atoms with E-state index in [1.165, 1.54) is 12.1 Å². The van der Waals surface area contributed by atoms with Gasteiger partial charge >= 0.3 is 5.97 Å². The fraction of sp³-hybridized carbons (Fsp3) is 0.360. The number of rotatable bonds is 6. The number of hydrogen-bond acceptors (Lipinski definition) is 3. The molecule has 158 valence electrons. The number of ether oxygens (including phenoxy) is 1. The van der Waals surface area contributed by atoms with Crippen LogP contribution in [0.15, 0.2) is 59.8 Å². The van der Waals surface area contributed by atoms with Crippen molar-refractivity contribution in [3.05, 3.63) is 82.3 Å². The van der Waals surface area contributed by atoms with Crippen LogP contribution in [0.2, 0.25) is 0 Å². The van der Waals surface area contributed by atoms with Crippen molar-refractivity contribution in [2.75, 3.05) is 6.61 Å². The van der Waals surface area contributed by atoms with Gasteiger partial charge in [-0.25, -0.2) is 9.18 Å². The molecule has 0 aliphatic carbocycles. The minimum Gasteiger partial charge on any atom is -0.462 e. The number of halogens is 1. The first-order chi connectivity index (χ1) is 14.3. The van der Waals surface area contributed by atoms with E-state index in [2.05, 4.69) is 0 Å². The van der Waals surface area contributed by atoms with Gasteiger partial charge in [0.1, 0.15) is 5.82 Å². The molecule has 1 aliphatic rings. The van der Waals surface area contributed by atoms with Crippen molar-refractivity contribution < 1.29 is 18.7 Å². The van der Waals surface area contributed by atoms with Gasteiger partial charge in [-0.05, 0) is 48.6 Å². The van der Waals surface area contributed by atoms with Gasteiger partial charge in [-0.15, -0.1) is 0 Å². The molecule has 0 spiro atoms. The summed E-state index contributed by atoms with van der Waals surface area (Å²) in [6.07, 6.45) is 0.140. The van der Waals surface area contributed by atoms with E-state index in [0.717, 1.165) is 16.7 Å². The van der Waals surface area contributed by atoms with E-state index in [1.807, 2.05) is 45.0 Å². The molecule has 1 heterocycles. The molecular weight excluding hydrogens is 381 g/mol. The van der Waals surface area contributed by atoms with Crippen LogP contribution in [-0.4, -0.2) is 23.4 Å². The molecule has 1 aliphatic heterocycles. The molecule has 30 heavy (non-hydrogen) atoms. The van der Waals surface area contributed by atoms with Crippen LogP contribution in [0, 0.1) is 18.7 Å². The Morgan fingerprint density at radius 1 is 1.13 bits per heavy atom. The number of hydrogen-bond donors (Lipinski definition) is 0. The van der Waals surface area contributed by atoms with Crippen LogP contribution < -0.4 is 0 Å². The Morgan fingerprint density at radius 2 is 1.80 bits per heavy atom. The predicted molar refractivity (Wildman–Crippen MR) is 114 cm³/mol. The molecule has 0 fully saturated rings. The Hall–Kier alpha value is -2.95. The maximum absolute atomic E-state index is 13.4. The quantitative estimate of drug-likeness (QED) is 0.622. The standard InChI is InChI=1S/C25H28FNO3/c1-16(2)15-30-25(29)24-18(4)27(14-20-8-6-5-7-17(20)3)23(28)13-22(24)19-9-11-21(26)12-10-19/h5-12,16,22H,13-15H2,1-4H3. The highest BCUT2D eigenvalue weighted by Gasteiger charge is 2.37. The number of amides is 1. The number of carbonyl (C=O) groups excluding carboxylic acids is 2. The van der Waals surface area contributed by atoms with Gasteiger partial charge in [0.2, 0.25) is 5.91 Å². The van der Waals surface area contributed by atoms with Crippen LogP contribution in [0.5, 0.6) is 0 Å². The van der Waals surface area contributed by atoms with Crippen LogP contribution in [0.25, 0.3) is 0 Å². The molecule has 0 radical (unpaired) electrons. The van der Waals surface area contributed by atoms with Crippen molar-refractivity contribution in [3.8, 4) is 0 Å². The van der Waals surface area contributed by atoms with Crippen molar-refractivity contribution in [2.45, 2.75) is 46.6 Å². The van der Waals surface area contributed by atoms with Crippen molar-refractivity contribution in [2.24, 2.45) is 5.92 Å². The largest absolute Gasteiger partial charge is 0.462 e. The first-order valence-corrected chi connectivity index (χ1v) is 10.3. The lowest BCUT2D eigenvalue weighted by Crippen LogP contribution is -2.38. The zero-order valence-electron chi connectivity index (χ0n) is 17.9. The molecule has 5 heteroatoms. The van der Waals surface area contributed by atoms with Crippen molar-refractivity contribution in [1.82, 2.24) is 4.90 Å². The average Bonchev–Trinajstić information content (AvgIpc) is 2.70. The van der Waals surface area contributed by atoms with Crippen molar-refractivity contribution in [1.29, 1.82) is 0 Å². The minimum atomic E-state index is -0.453. The van der Waals surface area contributed by atoms with E-state index in [0.29, 0.717) is 24.4 Å². The van der Waals surface area contributed by atoms with E-state index >= 15 is 0 Å². The Morgan fingerprint density at radius 3 is 2.43 bits per heavy atom. The summed E-state index contributed by atoms with van der Waals surface area (Å²) >= 11 is 0. The Balaban J connectivity index is 2.01. The van der Waals surface area contributed by atoms with Gasteiger partial charge in [-0.2, -0.15) is 0 Å². The van der Waals surface area contributed by atoms with Crippen LogP contribution >= 0.6 is 0 Å². The van der Waals surface area contributed by atoms with Crippen LogP contribution in [-0.2, 0) is 20.9 Å².